The molecule has 138 valence electrons. The summed E-state index contributed by atoms with van der Waals surface area (Å²) in [6.45, 7) is 6.69. The van der Waals surface area contributed by atoms with Crippen molar-refractivity contribution in [2.75, 3.05) is 12.3 Å². The van der Waals surface area contributed by atoms with Gasteiger partial charge in [0.05, 0.1) is 12.3 Å². The number of imidazole rings is 1. The molecule has 1 aromatic rings. The molecule has 0 bridgehead atoms. The Bertz CT molecular complexity index is 666. The minimum absolute atomic E-state index is 0.0238. The number of thioether (sulfide) groups is 1. The van der Waals surface area contributed by atoms with Gasteiger partial charge in [-0.2, -0.15) is 0 Å². The highest BCUT2D eigenvalue weighted by Crippen LogP contribution is 2.41. The number of rotatable bonds is 4. The number of aliphatic hydroxyl groups excluding tert-OH is 1. The van der Waals surface area contributed by atoms with Gasteiger partial charge >= 0.3 is 0 Å². The van der Waals surface area contributed by atoms with Crippen molar-refractivity contribution in [1.82, 2.24) is 14.5 Å². The fourth-order valence-corrected chi connectivity index (χ4v) is 4.78. The summed E-state index contributed by atoms with van der Waals surface area (Å²) in [5, 5.41) is 10.4. The largest absolute Gasteiger partial charge is 0.387 e. The van der Waals surface area contributed by atoms with Gasteiger partial charge in [-0.15, -0.1) is 11.8 Å². The first kappa shape index (κ1) is 17.3. The summed E-state index contributed by atoms with van der Waals surface area (Å²) in [5.41, 5.74) is 0. The molecule has 1 aromatic heterocycles. The molecule has 4 rings (SSSR count). The van der Waals surface area contributed by atoms with E-state index < -0.39 is 30.4 Å². The first-order chi connectivity index (χ1) is 11.9. The summed E-state index contributed by atoms with van der Waals surface area (Å²) < 4.78 is 19.3. The second kappa shape index (κ2) is 6.24. The van der Waals surface area contributed by atoms with Gasteiger partial charge in [0.15, 0.2) is 12.1 Å². The van der Waals surface area contributed by atoms with Gasteiger partial charge < -0.3 is 28.8 Å². The molecule has 9 heteroatoms. The van der Waals surface area contributed by atoms with Crippen molar-refractivity contribution in [1.29, 1.82) is 0 Å². The van der Waals surface area contributed by atoms with Gasteiger partial charge in [-0.25, -0.2) is 4.98 Å². The van der Waals surface area contributed by atoms with Crippen LogP contribution < -0.4 is 0 Å². The molecule has 25 heavy (non-hydrogen) atoms. The van der Waals surface area contributed by atoms with Crippen LogP contribution in [0, 0.1) is 0 Å². The molecule has 5 atom stereocenters. The fourth-order valence-electron chi connectivity index (χ4n) is 3.58. The van der Waals surface area contributed by atoms with E-state index in [-0.39, 0.29) is 17.8 Å². The smallest absolute Gasteiger partial charge is 0.234 e. The Labute approximate surface area is 150 Å². The normalized spacial score (nSPS) is 37.0. The molecule has 3 aliphatic rings. The quantitative estimate of drug-likeness (QED) is 0.837. The Balaban J connectivity index is 1.49. The standard InChI is InChI=1S/C16H23N3O5S/c1-4-18-6-5-17-13(18)14-19(10(20)8-25-14)7-9-11(21)12-15(22-9)24-16(2,3)23-12/h5-6,9,11-12,14-15,21H,4,7-8H2,1-3H3/t9-,11+,12-,14-,15-/m1/s1. The zero-order valence-electron chi connectivity index (χ0n) is 14.5. The average molecular weight is 369 g/mol. The van der Waals surface area contributed by atoms with Gasteiger partial charge in [0.25, 0.3) is 0 Å². The van der Waals surface area contributed by atoms with Gasteiger partial charge in [0.1, 0.15) is 29.5 Å². The van der Waals surface area contributed by atoms with E-state index in [1.807, 2.05) is 17.7 Å². The molecule has 4 heterocycles. The summed E-state index contributed by atoms with van der Waals surface area (Å²) in [4.78, 5) is 18.5. The third-order valence-corrected chi connectivity index (χ3v) is 5.96. The van der Waals surface area contributed by atoms with Crippen LogP contribution in [0.1, 0.15) is 32.0 Å². The fraction of sp³-hybridized carbons (Fsp3) is 0.750. The lowest BCUT2D eigenvalue weighted by atomic mass is 10.1. The number of fused-ring (bicyclic) bond motifs is 1. The first-order valence-corrected chi connectivity index (χ1v) is 9.56. The van der Waals surface area contributed by atoms with E-state index in [9.17, 15) is 9.90 Å². The third-order valence-electron chi connectivity index (χ3n) is 4.77. The molecule has 1 amide bonds. The van der Waals surface area contributed by atoms with Crippen molar-refractivity contribution >= 4 is 17.7 Å². The second-order valence-electron chi connectivity index (χ2n) is 6.91. The number of carbonyl (C=O) groups is 1. The molecule has 3 fully saturated rings. The van der Waals surface area contributed by atoms with Crippen LogP contribution in [0.3, 0.4) is 0 Å². The van der Waals surface area contributed by atoms with Crippen molar-refractivity contribution in [2.24, 2.45) is 0 Å². The zero-order valence-corrected chi connectivity index (χ0v) is 15.3. The second-order valence-corrected chi connectivity index (χ2v) is 7.98. The zero-order chi connectivity index (χ0) is 17.8. The number of hydrogen-bond donors (Lipinski definition) is 1. The summed E-state index contributed by atoms with van der Waals surface area (Å²) in [6, 6.07) is 0. The maximum Gasteiger partial charge on any atom is 0.234 e. The van der Waals surface area contributed by atoms with E-state index in [0.717, 1.165) is 12.4 Å². The van der Waals surface area contributed by atoms with Gasteiger partial charge in [-0.05, 0) is 20.8 Å². The van der Waals surface area contributed by atoms with Crippen LogP contribution in [0.25, 0.3) is 0 Å². The molecule has 0 unspecified atom stereocenters. The van der Waals surface area contributed by atoms with Gasteiger partial charge in [-0.1, -0.05) is 0 Å². The van der Waals surface area contributed by atoms with Crippen molar-refractivity contribution in [3.63, 3.8) is 0 Å². The highest BCUT2D eigenvalue weighted by atomic mass is 32.2. The lowest BCUT2D eigenvalue weighted by Gasteiger charge is -2.29. The summed E-state index contributed by atoms with van der Waals surface area (Å²) in [7, 11) is 0. The minimum atomic E-state index is -0.836. The van der Waals surface area contributed by atoms with E-state index in [4.69, 9.17) is 14.2 Å². The Kier molecular flexibility index (Phi) is 4.32. The number of ether oxygens (including phenoxy) is 3. The third kappa shape index (κ3) is 2.97. The molecule has 3 aliphatic heterocycles. The van der Waals surface area contributed by atoms with Crippen LogP contribution in [-0.4, -0.2) is 68.2 Å². The number of aliphatic hydroxyl groups is 1. The molecule has 0 aliphatic carbocycles. The summed E-state index contributed by atoms with van der Waals surface area (Å²) >= 11 is 1.54. The van der Waals surface area contributed by atoms with Crippen LogP contribution in [0.4, 0.5) is 0 Å². The van der Waals surface area contributed by atoms with Crippen molar-refractivity contribution in [3.8, 4) is 0 Å². The van der Waals surface area contributed by atoms with Crippen molar-refractivity contribution in [3.05, 3.63) is 18.2 Å². The molecule has 0 radical (unpaired) electrons. The average Bonchev–Trinajstić information content (AvgIpc) is 3.28. The molecule has 1 N–H and O–H groups in total. The Morgan fingerprint density at radius 3 is 2.96 bits per heavy atom. The minimum Gasteiger partial charge on any atom is -0.387 e. The van der Waals surface area contributed by atoms with Crippen LogP contribution in [0.5, 0.6) is 0 Å². The number of carbonyl (C=O) groups excluding carboxylic acids is 1. The number of nitrogens with zero attached hydrogens (tertiary/aromatic N) is 3. The Morgan fingerprint density at radius 2 is 2.24 bits per heavy atom. The highest BCUT2D eigenvalue weighted by molar-refractivity contribution is 8.00. The maximum atomic E-state index is 12.4. The van der Waals surface area contributed by atoms with Gasteiger partial charge in [-0.3, -0.25) is 4.79 Å². The Hall–Kier alpha value is -1.13. The van der Waals surface area contributed by atoms with E-state index in [2.05, 4.69) is 4.98 Å². The monoisotopic (exact) mass is 369 g/mol. The van der Waals surface area contributed by atoms with Crippen LogP contribution in [0.2, 0.25) is 0 Å². The summed E-state index contributed by atoms with van der Waals surface area (Å²) in [6.07, 6.45) is 1.15. The van der Waals surface area contributed by atoms with Crippen molar-refractivity contribution in [2.45, 2.75) is 63.1 Å². The predicted molar refractivity (Wildman–Crippen MR) is 89.5 cm³/mol. The predicted octanol–water partition coefficient (Wildman–Crippen LogP) is 0.714. The molecular weight excluding hydrogens is 346 g/mol. The van der Waals surface area contributed by atoms with Crippen LogP contribution in [0.15, 0.2) is 12.4 Å². The highest BCUT2D eigenvalue weighted by Gasteiger charge is 2.55. The molecular formula is C16H23N3O5S. The molecule has 0 spiro atoms. The van der Waals surface area contributed by atoms with Crippen LogP contribution >= 0.6 is 11.8 Å². The number of amides is 1. The first-order valence-electron chi connectivity index (χ1n) is 8.51. The lowest BCUT2D eigenvalue weighted by molar-refractivity contribution is -0.216. The summed E-state index contributed by atoms with van der Waals surface area (Å²) in [5.74, 6) is 0.502. The van der Waals surface area contributed by atoms with Crippen LogP contribution in [-0.2, 0) is 25.5 Å². The van der Waals surface area contributed by atoms with E-state index in [0.29, 0.717) is 5.75 Å². The van der Waals surface area contributed by atoms with E-state index in [1.54, 1.807) is 36.7 Å². The van der Waals surface area contributed by atoms with Gasteiger partial charge in [0, 0.05) is 18.9 Å². The number of hydrogen-bond acceptors (Lipinski definition) is 7. The topological polar surface area (TPSA) is 86.1 Å². The van der Waals surface area contributed by atoms with Crippen molar-refractivity contribution < 1.29 is 24.1 Å². The molecule has 3 saturated heterocycles. The molecule has 8 nitrogen and oxygen atoms in total. The Morgan fingerprint density at radius 1 is 1.44 bits per heavy atom. The maximum absolute atomic E-state index is 12.4. The number of aryl methyl sites for hydroxylation is 1. The molecule has 0 aromatic carbocycles. The van der Waals surface area contributed by atoms with Gasteiger partial charge in [0.2, 0.25) is 5.91 Å². The number of aromatic nitrogens is 2. The SMILES string of the molecule is CCn1ccnc1[C@H]1SCC(=O)N1C[C@H]1O[C@@H]2OC(C)(C)O[C@@H]2[C@H]1O. The van der Waals surface area contributed by atoms with E-state index >= 15 is 0 Å². The lowest BCUT2D eigenvalue weighted by Crippen LogP contribution is -2.43. The van der Waals surface area contributed by atoms with E-state index in [1.165, 1.54) is 0 Å². The molecule has 0 saturated carbocycles.